The van der Waals surface area contributed by atoms with Crippen molar-refractivity contribution in [3.63, 3.8) is 0 Å². The molecular formula is C18H17N3O3. The lowest BCUT2D eigenvalue weighted by molar-refractivity contribution is 0.0250. The van der Waals surface area contributed by atoms with Gasteiger partial charge in [-0.25, -0.2) is 4.98 Å². The number of ether oxygens (including phenoxy) is 2. The van der Waals surface area contributed by atoms with Crippen LogP contribution in [0.2, 0.25) is 0 Å². The Bertz CT molecular complexity index is 902. The second kappa shape index (κ2) is 6.43. The van der Waals surface area contributed by atoms with Crippen LogP contribution in [0.15, 0.2) is 59.5 Å². The molecule has 1 aromatic carbocycles. The molecule has 0 radical (unpaired) electrons. The Labute approximate surface area is 138 Å². The molecule has 6 heteroatoms. The van der Waals surface area contributed by atoms with E-state index in [1.165, 1.54) is 10.5 Å². The fourth-order valence-corrected chi connectivity index (χ4v) is 2.71. The molecule has 4 rings (SSSR count). The zero-order chi connectivity index (χ0) is 16.4. The van der Waals surface area contributed by atoms with Crippen LogP contribution >= 0.6 is 0 Å². The van der Waals surface area contributed by atoms with Crippen LogP contribution in [0, 0.1) is 0 Å². The van der Waals surface area contributed by atoms with Crippen LogP contribution in [0.3, 0.4) is 0 Å². The van der Waals surface area contributed by atoms with E-state index in [-0.39, 0.29) is 11.7 Å². The van der Waals surface area contributed by atoms with Crippen molar-refractivity contribution in [2.24, 2.45) is 0 Å². The summed E-state index contributed by atoms with van der Waals surface area (Å²) >= 11 is 0. The van der Waals surface area contributed by atoms with Gasteiger partial charge in [0, 0.05) is 31.4 Å². The number of morpholine rings is 1. The first-order chi connectivity index (χ1) is 11.8. The Balaban J connectivity index is 1.70. The smallest absolute Gasteiger partial charge is 0.258 e. The predicted octanol–water partition coefficient (Wildman–Crippen LogP) is 2.15. The van der Waals surface area contributed by atoms with Gasteiger partial charge in [0.1, 0.15) is 23.3 Å². The van der Waals surface area contributed by atoms with Crippen LogP contribution in [-0.4, -0.2) is 29.1 Å². The SMILES string of the molecule is O=c1cc(C2CNCCO2)nc2cc(Oc3ccccc3)ccn12. The monoisotopic (exact) mass is 323 g/mol. The van der Waals surface area contributed by atoms with Gasteiger partial charge in [0.05, 0.1) is 12.3 Å². The first kappa shape index (κ1) is 14.9. The second-order valence-corrected chi connectivity index (χ2v) is 5.59. The molecule has 1 saturated heterocycles. The van der Waals surface area contributed by atoms with Gasteiger partial charge < -0.3 is 14.8 Å². The summed E-state index contributed by atoms with van der Waals surface area (Å²) in [4.78, 5) is 16.9. The number of nitrogens with one attached hydrogen (secondary N) is 1. The molecule has 1 atom stereocenters. The van der Waals surface area contributed by atoms with Crippen LogP contribution in [0.5, 0.6) is 11.5 Å². The number of benzene rings is 1. The topological polar surface area (TPSA) is 64.9 Å². The molecule has 122 valence electrons. The highest BCUT2D eigenvalue weighted by Crippen LogP contribution is 2.22. The molecule has 3 heterocycles. The van der Waals surface area contributed by atoms with Gasteiger partial charge in [-0.3, -0.25) is 9.20 Å². The zero-order valence-corrected chi connectivity index (χ0v) is 13.0. The van der Waals surface area contributed by atoms with Gasteiger partial charge in [0.2, 0.25) is 0 Å². The number of hydrogen-bond acceptors (Lipinski definition) is 5. The van der Waals surface area contributed by atoms with Crippen molar-refractivity contribution >= 4 is 5.65 Å². The lowest BCUT2D eigenvalue weighted by Crippen LogP contribution is -2.34. The van der Waals surface area contributed by atoms with Crippen LogP contribution < -0.4 is 15.6 Å². The minimum Gasteiger partial charge on any atom is -0.457 e. The fraction of sp³-hybridized carbons (Fsp3) is 0.222. The summed E-state index contributed by atoms with van der Waals surface area (Å²) in [5.74, 6) is 1.37. The molecule has 1 fully saturated rings. The van der Waals surface area contributed by atoms with E-state index >= 15 is 0 Å². The van der Waals surface area contributed by atoms with Crippen molar-refractivity contribution in [2.45, 2.75) is 6.10 Å². The maximum Gasteiger partial charge on any atom is 0.258 e. The molecular weight excluding hydrogens is 306 g/mol. The first-order valence-corrected chi connectivity index (χ1v) is 7.88. The van der Waals surface area contributed by atoms with Gasteiger partial charge in [0.15, 0.2) is 0 Å². The summed E-state index contributed by atoms with van der Waals surface area (Å²) in [6.07, 6.45) is 1.47. The van der Waals surface area contributed by atoms with Gasteiger partial charge in [-0.2, -0.15) is 0 Å². The highest BCUT2D eigenvalue weighted by Gasteiger charge is 2.18. The lowest BCUT2D eigenvalue weighted by atomic mass is 10.2. The molecule has 0 aliphatic carbocycles. The molecule has 1 aliphatic heterocycles. The fourth-order valence-electron chi connectivity index (χ4n) is 2.71. The van der Waals surface area contributed by atoms with Gasteiger partial charge in [-0.1, -0.05) is 18.2 Å². The molecule has 6 nitrogen and oxygen atoms in total. The molecule has 0 bridgehead atoms. The third kappa shape index (κ3) is 3.02. The van der Waals surface area contributed by atoms with Gasteiger partial charge in [0.25, 0.3) is 5.56 Å². The van der Waals surface area contributed by atoms with E-state index in [0.717, 1.165) is 12.3 Å². The number of para-hydroxylation sites is 1. The summed E-state index contributed by atoms with van der Waals surface area (Å²) in [6, 6.07) is 14.5. The molecule has 1 aliphatic rings. The molecule has 24 heavy (non-hydrogen) atoms. The minimum absolute atomic E-state index is 0.129. The highest BCUT2D eigenvalue weighted by molar-refractivity contribution is 5.46. The summed E-state index contributed by atoms with van der Waals surface area (Å²) in [6.45, 7) is 2.09. The third-order valence-electron chi connectivity index (χ3n) is 3.89. The Morgan fingerprint density at radius 1 is 1.17 bits per heavy atom. The summed E-state index contributed by atoms with van der Waals surface area (Å²) in [5, 5.41) is 3.25. The Kier molecular flexibility index (Phi) is 3.98. The maximum absolute atomic E-state index is 12.3. The van der Waals surface area contributed by atoms with Gasteiger partial charge in [-0.05, 0) is 18.2 Å². The van der Waals surface area contributed by atoms with Crippen LogP contribution in [0.25, 0.3) is 5.65 Å². The van der Waals surface area contributed by atoms with E-state index in [0.29, 0.717) is 30.2 Å². The number of pyridine rings is 1. The van der Waals surface area contributed by atoms with E-state index in [2.05, 4.69) is 10.3 Å². The van der Waals surface area contributed by atoms with E-state index in [4.69, 9.17) is 9.47 Å². The summed E-state index contributed by atoms with van der Waals surface area (Å²) in [7, 11) is 0. The highest BCUT2D eigenvalue weighted by atomic mass is 16.5. The van der Waals surface area contributed by atoms with Crippen LogP contribution in [-0.2, 0) is 4.74 Å². The Morgan fingerprint density at radius 3 is 2.83 bits per heavy atom. The molecule has 2 aromatic heterocycles. The van der Waals surface area contributed by atoms with E-state index < -0.39 is 0 Å². The normalized spacial score (nSPS) is 17.8. The van der Waals surface area contributed by atoms with Crippen molar-refractivity contribution < 1.29 is 9.47 Å². The predicted molar refractivity (Wildman–Crippen MR) is 89.5 cm³/mol. The van der Waals surface area contributed by atoms with E-state index in [9.17, 15) is 4.79 Å². The quantitative estimate of drug-likeness (QED) is 0.800. The van der Waals surface area contributed by atoms with Crippen molar-refractivity contribution in [2.75, 3.05) is 19.7 Å². The van der Waals surface area contributed by atoms with Gasteiger partial charge in [-0.15, -0.1) is 0 Å². The number of hydrogen-bond donors (Lipinski definition) is 1. The second-order valence-electron chi connectivity index (χ2n) is 5.59. The molecule has 0 saturated carbocycles. The van der Waals surface area contributed by atoms with Crippen LogP contribution in [0.4, 0.5) is 0 Å². The van der Waals surface area contributed by atoms with E-state index in [1.807, 2.05) is 30.3 Å². The Morgan fingerprint density at radius 2 is 2.04 bits per heavy atom. The van der Waals surface area contributed by atoms with Gasteiger partial charge >= 0.3 is 0 Å². The maximum atomic E-state index is 12.3. The standard InChI is InChI=1S/C18H17N3O3/c22-18-11-15(16-12-19-7-9-23-16)20-17-10-14(6-8-21(17)18)24-13-4-2-1-3-5-13/h1-6,8,10-11,16,19H,7,9,12H2. The average molecular weight is 323 g/mol. The molecule has 0 spiro atoms. The molecule has 1 unspecified atom stereocenters. The number of fused-ring (bicyclic) bond motifs is 1. The number of nitrogens with zero attached hydrogens (tertiary/aromatic N) is 2. The van der Waals surface area contributed by atoms with Crippen LogP contribution in [0.1, 0.15) is 11.8 Å². The largest absolute Gasteiger partial charge is 0.457 e. The number of rotatable bonds is 3. The first-order valence-electron chi connectivity index (χ1n) is 7.88. The van der Waals surface area contributed by atoms with Crippen molar-refractivity contribution in [3.8, 4) is 11.5 Å². The zero-order valence-electron chi connectivity index (χ0n) is 13.0. The Hall–Kier alpha value is -2.70. The van der Waals surface area contributed by atoms with Crippen molar-refractivity contribution in [3.05, 3.63) is 70.8 Å². The number of aromatic nitrogens is 2. The molecule has 0 amide bonds. The van der Waals surface area contributed by atoms with E-state index in [1.54, 1.807) is 18.3 Å². The molecule has 3 aromatic rings. The molecule has 1 N–H and O–H groups in total. The third-order valence-corrected chi connectivity index (χ3v) is 3.89. The lowest BCUT2D eigenvalue weighted by Gasteiger charge is -2.23. The summed E-state index contributed by atoms with van der Waals surface area (Å²) < 4.78 is 13.0. The minimum atomic E-state index is -0.199. The van der Waals surface area contributed by atoms with Crippen molar-refractivity contribution in [1.82, 2.24) is 14.7 Å². The van der Waals surface area contributed by atoms with Crippen molar-refractivity contribution in [1.29, 1.82) is 0 Å². The summed E-state index contributed by atoms with van der Waals surface area (Å²) in [5.41, 5.74) is 1.06. The average Bonchev–Trinajstić information content (AvgIpc) is 2.63.